The molecule has 0 N–H and O–H groups in total. The molecular formula is C34H33BS. The Labute approximate surface area is 219 Å². The highest BCUT2D eigenvalue weighted by Gasteiger charge is 2.31. The molecule has 0 saturated carbocycles. The third-order valence-corrected chi connectivity index (χ3v) is 8.01. The van der Waals surface area contributed by atoms with Crippen molar-refractivity contribution in [2.45, 2.75) is 0 Å². The van der Waals surface area contributed by atoms with E-state index in [0.717, 1.165) is 0 Å². The van der Waals surface area contributed by atoms with Crippen molar-refractivity contribution < 1.29 is 0 Å². The Morgan fingerprint density at radius 3 is 0.944 bits per heavy atom. The first-order chi connectivity index (χ1) is 17.6. The monoisotopic (exact) mass is 484 g/mol. The second-order valence-corrected chi connectivity index (χ2v) is 11.2. The van der Waals surface area contributed by atoms with Crippen LogP contribution >= 0.6 is 0 Å². The third kappa shape index (κ3) is 5.56. The van der Waals surface area contributed by atoms with Gasteiger partial charge in [-0.25, -0.2) is 0 Å². The van der Waals surface area contributed by atoms with E-state index in [1.54, 1.807) is 0 Å². The Hall–Kier alpha value is -3.75. The van der Waals surface area contributed by atoms with Crippen LogP contribution in [0.15, 0.2) is 158 Å². The molecule has 178 valence electrons. The van der Waals surface area contributed by atoms with E-state index in [1.165, 1.54) is 32.3 Å². The molecule has 0 amide bonds. The molecule has 36 heavy (non-hydrogen) atoms. The van der Waals surface area contributed by atoms with E-state index in [2.05, 4.69) is 153 Å². The van der Waals surface area contributed by atoms with Gasteiger partial charge in [-0.2, -0.15) is 21.9 Å². The lowest BCUT2D eigenvalue weighted by molar-refractivity contribution is 1.66. The minimum absolute atomic E-state index is 0.294. The van der Waals surface area contributed by atoms with E-state index < -0.39 is 6.15 Å². The van der Waals surface area contributed by atoms with Crippen molar-refractivity contribution in [3.63, 3.8) is 0 Å². The minimum atomic E-state index is -1.22. The second-order valence-electron chi connectivity index (χ2n) is 9.11. The van der Waals surface area contributed by atoms with Crippen LogP contribution in [0.2, 0.25) is 0 Å². The zero-order valence-electron chi connectivity index (χ0n) is 21.1. The van der Waals surface area contributed by atoms with Gasteiger partial charge in [0.15, 0.2) is 4.91 Å². The van der Waals surface area contributed by atoms with E-state index in [0.29, 0.717) is 10.9 Å². The molecule has 0 nitrogen and oxygen atoms in total. The number of hydrogen-bond acceptors (Lipinski definition) is 0. The maximum atomic E-state index is 4.04. The van der Waals surface area contributed by atoms with E-state index in [4.69, 9.17) is 0 Å². The number of rotatable bonds is 6. The molecule has 0 unspecified atom stereocenters. The molecule has 0 aliphatic carbocycles. The molecule has 0 radical (unpaired) electrons. The van der Waals surface area contributed by atoms with E-state index >= 15 is 0 Å². The summed E-state index contributed by atoms with van der Waals surface area (Å²) in [6.07, 6.45) is 3.16. The Morgan fingerprint density at radius 2 is 0.694 bits per heavy atom. The predicted octanol–water partition coefficient (Wildman–Crippen LogP) is 5.60. The molecule has 0 saturated heterocycles. The number of benzene rings is 5. The smallest absolute Gasteiger partial charge is 0.154 e. The van der Waals surface area contributed by atoms with Crippen LogP contribution in [-0.2, 0) is 10.9 Å². The molecule has 0 heterocycles. The maximum Gasteiger partial charge on any atom is 0.154 e. The van der Waals surface area contributed by atoms with Crippen LogP contribution in [0.25, 0.3) is 4.91 Å². The van der Waals surface area contributed by atoms with Crippen LogP contribution in [0.3, 0.4) is 0 Å². The minimum Gasteiger partial charge on any atom is -0.195 e. The summed E-state index contributed by atoms with van der Waals surface area (Å²) in [7, 11) is 0.294. The molecule has 5 aromatic carbocycles. The number of hydrogen-bond donors (Lipinski definition) is 0. The van der Waals surface area contributed by atoms with E-state index in [-0.39, 0.29) is 0 Å². The molecule has 0 atom stereocenters. The van der Waals surface area contributed by atoms with Crippen LogP contribution in [0.4, 0.5) is 0 Å². The van der Waals surface area contributed by atoms with Gasteiger partial charge in [0.25, 0.3) is 0 Å². The van der Waals surface area contributed by atoms with Gasteiger partial charge in [0.2, 0.25) is 0 Å². The second kappa shape index (κ2) is 12.3. The molecule has 5 aromatic rings. The molecule has 0 aliphatic heterocycles. The van der Waals surface area contributed by atoms with Gasteiger partial charge in [0.05, 0.1) is 0 Å². The lowest BCUT2D eigenvalue weighted by Crippen LogP contribution is -2.74. The topological polar surface area (TPSA) is 0 Å². The molecule has 0 aromatic heterocycles. The fourth-order valence-corrected chi connectivity index (χ4v) is 5.59. The van der Waals surface area contributed by atoms with Gasteiger partial charge < -0.3 is 0 Å². The van der Waals surface area contributed by atoms with Crippen LogP contribution in [-0.4, -0.2) is 18.7 Å². The van der Waals surface area contributed by atoms with Crippen LogP contribution < -0.4 is 21.9 Å². The Balaban J connectivity index is 0.000000233. The maximum absolute atomic E-state index is 4.04. The van der Waals surface area contributed by atoms with Crippen LogP contribution in [0, 0.1) is 0 Å². The summed E-state index contributed by atoms with van der Waals surface area (Å²) in [4.78, 5) is 1.24. The Kier molecular flexibility index (Phi) is 8.65. The Bertz CT molecular complexity index is 1170. The average molecular weight is 485 g/mol. The lowest BCUT2D eigenvalue weighted by atomic mass is 9.13. The molecule has 0 bridgehead atoms. The molecule has 5 rings (SSSR count). The SMILES string of the molecule is C=C(c1ccccc1)[S+](C)C.c1ccc([B-](c2ccccc2)(c2ccccc2)c2ccccc2)cc1. The molecule has 2 heteroatoms. The molecule has 0 spiro atoms. The quantitative estimate of drug-likeness (QED) is 0.218. The first-order valence-electron chi connectivity index (χ1n) is 12.3. The van der Waals surface area contributed by atoms with Gasteiger partial charge >= 0.3 is 0 Å². The molecular weight excluding hydrogens is 451 g/mol. The van der Waals surface area contributed by atoms with E-state index in [1.807, 2.05) is 18.2 Å². The van der Waals surface area contributed by atoms with E-state index in [9.17, 15) is 0 Å². The zero-order valence-corrected chi connectivity index (χ0v) is 21.9. The summed E-state index contributed by atoms with van der Waals surface area (Å²) in [6.45, 7) is 4.04. The van der Waals surface area contributed by atoms with Gasteiger partial charge in [-0.3, -0.25) is 0 Å². The Morgan fingerprint density at radius 1 is 0.444 bits per heavy atom. The summed E-state index contributed by atoms with van der Waals surface area (Å²) in [5.41, 5.74) is 6.62. The van der Waals surface area contributed by atoms with Crippen molar-refractivity contribution in [2.24, 2.45) is 0 Å². The van der Waals surface area contributed by atoms with Crippen molar-refractivity contribution in [3.05, 3.63) is 164 Å². The summed E-state index contributed by atoms with van der Waals surface area (Å²) in [6, 6.07) is 53.9. The molecule has 0 aliphatic rings. The van der Waals surface area contributed by atoms with Gasteiger partial charge in [-0.05, 0) is 18.7 Å². The fourth-order valence-electron chi connectivity index (χ4n) is 4.98. The highest BCUT2D eigenvalue weighted by atomic mass is 32.2. The average Bonchev–Trinajstić information content (AvgIpc) is 2.96. The summed E-state index contributed by atoms with van der Waals surface area (Å²) in [5, 5.41) is 0. The fraction of sp³-hybridized carbons (Fsp3) is 0.0588. The van der Waals surface area contributed by atoms with Crippen molar-refractivity contribution in [2.75, 3.05) is 12.5 Å². The van der Waals surface area contributed by atoms with Gasteiger partial charge in [0.1, 0.15) is 18.7 Å². The normalized spacial score (nSPS) is 10.9. The summed E-state index contributed by atoms with van der Waals surface area (Å²) in [5.74, 6) is 0. The van der Waals surface area contributed by atoms with Gasteiger partial charge in [-0.1, -0.05) is 140 Å². The zero-order chi connectivity index (χ0) is 25.2. The predicted molar refractivity (Wildman–Crippen MR) is 165 cm³/mol. The van der Waals surface area contributed by atoms with Gasteiger partial charge in [0, 0.05) is 16.5 Å². The van der Waals surface area contributed by atoms with Crippen molar-refractivity contribution >= 4 is 43.8 Å². The van der Waals surface area contributed by atoms with Crippen LogP contribution in [0.1, 0.15) is 5.56 Å². The lowest BCUT2D eigenvalue weighted by Gasteiger charge is -2.44. The third-order valence-electron chi connectivity index (χ3n) is 6.79. The highest BCUT2D eigenvalue weighted by molar-refractivity contribution is 8.04. The van der Waals surface area contributed by atoms with Crippen molar-refractivity contribution in [1.29, 1.82) is 0 Å². The largest absolute Gasteiger partial charge is 0.195 e. The van der Waals surface area contributed by atoms with Crippen molar-refractivity contribution in [1.82, 2.24) is 0 Å². The summed E-state index contributed by atoms with van der Waals surface area (Å²) >= 11 is 0. The first kappa shape index (κ1) is 25.4. The highest BCUT2D eigenvalue weighted by Crippen LogP contribution is 2.17. The van der Waals surface area contributed by atoms with Crippen molar-refractivity contribution in [3.8, 4) is 0 Å². The standard InChI is InChI=1S/C24H20B.C10H13S/c1-5-13-21(14-6-1)25(22-15-7-2-8-16-22,23-17-9-3-10-18-23)24-19-11-4-12-20-24;1-9(11(2)3)10-7-5-4-6-8-10/h1-20H;4-8H,1H2,2-3H3/q-1;+1. The van der Waals surface area contributed by atoms with Crippen LogP contribution in [0.5, 0.6) is 0 Å². The molecule has 0 fully saturated rings. The first-order valence-corrected chi connectivity index (χ1v) is 14.4. The summed E-state index contributed by atoms with van der Waals surface area (Å²) < 4.78 is 0. The van der Waals surface area contributed by atoms with Gasteiger partial charge in [-0.15, -0.1) is 0 Å².